The lowest BCUT2D eigenvalue weighted by atomic mass is 10.2. The largest absolute Gasteiger partial charge is 0.495 e. The first-order chi connectivity index (χ1) is 11.0. The molecule has 2 aromatic rings. The molecule has 120 valence electrons. The number of nitro groups is 1. The maximum atomic E-state index is 12.2. The SMILES string of the molecule is CCOc1ccc(C(=O)Nc2cc([N+](=O)[O-])ccc2OC)nn1. The van der Waals surface area contributed by atoms with E-state index in [-0.39, 0.29) is 17.1 Å². The van der Waals surface area contributed by atoms with Gasteiger partial charge < -0.3 is 14.8 Å². The van der Waals surface area contributed by atoms with Crippen LogP contribution >= 0.6 is 0 Å². The molecule has 0 saturated carbocycles. The van der Waals surface area contributed by atoms with Crippen LogP contribution in [0.3, 0.4) is 0 Å². The molecule has 23 heavy (non-hydrogen) atoms. The number of hydrogen-bond acceptors (Lipinski definition) is 7. The van der Waals surface area contributed by atoms with Gasteiger partial charge in [0.25, 0.3) is 11.6 Å². The topological polar surface area (TPSA) is 116 Å². The monoisotopic (exact) mass is 318 g/mol. The first kappa shape index (κ1) is 16.1. The summed E-state index contributed by atoms with van der Waals surface area (Å²) in [5.74, 6) is 0.0270. The molecule has 1 aromatic carbocycles. The third-order valence-electron chi connectivity index (χ3n) is 2.81. The molecule has 2 rings (SSSR count). The number of benzene rings is 1. The summed E-state index contributed by atoms with van der Waals surface area (Å²) in [6.45, 7) is 2.24. The van der Waals surface area contributed by atoms with Crippen LogP contribution in [0, 0.1) is 10.1 Å². The standard InChI is InChI=1S/C14H14N4O5/c1-3-23-13-7-5-10(16-17-13)14(19)15-11-8-9(18(20)21)4-6-12(11)22-2/h4-8H,3H2,1-2H3,(H,15,19). The smallest absolute Gasteiger partial charge is 0.276 e. The number of nitrogens with zero attached hydrogens (tertiary/aromatic N) is 3. The number of methoxy groups -OCH3 is 1. The summed E-state index contributed by atoms with van der Waals surface area (Å²) in [6, 6.07) is 6.84. The van der Waals surface area contributed by atoms with Gasteiger partial charge in [-0.2, -0.15) is 0 Å². The van der Waals surface area contributed by atoms with Gasteiger partial charge in [-0.05, 0) is 19.1 Å². The van der Waals surface area contributed by atoms with E-state index in [1.54, 1.807) is 6.92 Å². The van der Waals surface area contributed by atoms with E-state index in [1.165, 1.54) is 37.4 Å². The third-order valence-corrected chi connectivity index (χ3v) is 2.81. The van der Waals surface area contributed by atoms with E-state index < -0.39 is 10.8 Å². The van der Waals surface area contributed by atoms with Crippen molar-refractivity contribution < 1.29 is 19.2 Å². The van der Waals surface area contributed by atoms with Crippen LogP contribution in [-0.2, 0) is 0 Å². The molecule has 0 unspecified atom stereocenters. The molecule has 0 radical (unpaired) electrons. The van der Waals surface area contributed by atoms with Crippen molar-refractivity contribution in [1.82, 2.24) is 10.2 Å². The Bertz CT molecular complexity index is 718. The molecule has 0 bridgehead atoms. The minimum Gasteiger partial charge on any atom is -0.495 e. The highest BCUT2D eigenvalue weighted by Gasteiger charge is 2.15. The van der Waals surface area contributed by atoms with E-state index in [0.29, 0.717) is 18.2 Å². The van der Waals surface area contributed by atoms with Crippen molar-refractivity contribution in [3.05, 3.63) is 46.1 Å². The molecule has 0 atom stereocenters. The van der Waals surface area contributed by atoms with Gasteiger partial charge in [-0.3, -0.25) is 14.9 Å². The number of nitro benzene ring substituents is 1. The molecule has 9 heteroatoms. The fourth-order valence-corrected chi connectivity index (χ4v) is 1.76. The summed E-state index contributed by atoms with van der Waals surface area (Å²) in [4.78, 5) is 22.4. The van der Waals surface area contributed by atoms with E-state index >= 15 is 0 Å². The van der Waals surface area contributed by atoms with Crippen LogP contribution in [-0.4, -0.2) is 34.7 Å². The van der Waals surface area contributed by atoms with Gasteiger partial charge >= 0.3 is 0 Å². The normalized spacial score (nSPS) is 10.0. The number of ether oxygens (including phenoxy) is 2. The van der Waals surface area contributed by atoms with Gasteiger partial charge in [-0.15, -0.1) is 10.2 Å². The maximum Gasteiger partial charge on any atom is 0.276 e. The Morgan fingerprint density at radius 1 is 1.30 bits per heavy atom. The third kappa shape index (κ3) is 3.90. The Morgan fingerprint density at radius 3 is 2.65 bits per heavy atom. The highest BCUT2D eigenvalue weighted by atomic mass is 16.6. The number of aromatic nitrogens is 2. The molecule has 1 amide bonds. The summed E-state index contributed by atoms with van der Waals surface area (Å²) < 4.78 is 10.2. The molecule has 1 heterocycles. The predicted molar refractivity (Wildman–Crippen MR) is 80.8 cm³/mol. The van der Waals surface area contributed by atoms with Crippen molar-refractivity contribution in [3.63, 3.8) is 0 Å². The summed E-state index contributed by atoms with van der Waals surface area (Å²) >= 11 is 0. The average molecular weight is 318 g/mol. The molecule has 0 fully saturated rings. The van der Waals surface area contributed by atoms with Crippen molar-refractivity contribution >= 4 is 17.3 Å². The summed E-state index contributed by atoms with van der Waals surface area (Å²) in [5.41, 5.74) is 0.0447. The van der Waals surface area contributed by atoms with Crippen LogP contribution < -0.4 is 14.8 Å². The Kier molecular flexibility index (Phi) is 5.03. The van der Waals surface area contributed by atoms with Crippen molar-refractivity contribution in [3.8, 4) is 11.6 Å². The van der Waals surface area contributed by atoms with Crippen molar-refractivity contribution in [2.45, 2.75) is 6.92 Å². The van der Waals surface area contributed by atoms with Crippen LogP contribution in [0.15, 0.2) is 30.3 Å². The highest BCUT2D eigenvalue weighted by molar-refractivity contribution is 6.03. The van der Waals surface area contributed by atoms with E-state index in [9.17, 15) is 14.9 Å². The molecule has 9 nitrogen and oxygen atoms in total. The van der Waals surface area contributed by atoms with Gasteiger partial charge in [-0.1, -0.05) is 0 Å². The van der Waals surface area contributed by atoms with E-state index in [0.717, 1.165) is 0 Å². The number of carbonyl (C=O) groups is 1. The quantitative estimate of drug-likeness (QED) is 0.639. The zero-order chi connectivity index (χ0) is 16.8. The minimum atomic E-state index is -0.570. The van der Waals surface area contributed by atoms with Gasteiger partial charge in [0.15, 0.2) is 5.69 Å². The van der Waals surface area contributed by atoms with Gasteiger partial charge in [0.1, 0.15) is 5.75 Å². The fourth-order valence-electron chi connectivity index (χ4n) is 1.76. The van der Waals surface area contributed by atoms with Crippen molar-refractivity contribution in [1.29, 1.82) is 0 Å². The van der Waals surface area contributed by atoms with Crippen LogP contribution in [0.5, 0.6) is 11.6 Å². The van der Waals surface area contributed by atoms with Crippen LogP contribution in [0.1, 0.15) is 17.4 Å². The second-order valence-electron chi connectivity index (χ2n) is 4.29. The average Bonchev–Trinajstić information content (AvgIpc) is 2.55. The van der Waals surface area contributed by atoms with Gasteiger partial charge in [0.05, 0.1) is 24.3 Å². The molecule has 0 aliphatic carbocycles. The zero-order valence-electron chi connectivity index (χ0n) is 12.5. The van der Waals surface area contributed by atoms with Crippen LogP contribution in [0.2, 0.25) is 0 Å². The lowest BCUT2D eigenvalue weighted by Gasteiger charge is -2.09. The molecule has 1 N–H and O–H groups in total. The first-order valence-electron chi connectivity index (χ1n) is 6.65. The predicted octanol–water partition coefficient (Wildman–Crippen LogP) is 2.04. The van der Waals surface area contributed by atoms with Crippen LogP contribution in [0.4, 0.5) is 11.4 Å². The molecular weight excluding hydrogens is 304 g/mol. The molecule has 0 aliphatic rings. The summed E-state index contributed by atoms with van der Waals surface area (Å²) in [5, 5.41) is 20.8. The molecular formula is C14H14N4O5. The van der Waals surface area contributed by atoms with Crippen molar-refractivity contribution in [2.24, 2.45) is 0 Å². The Balaban J connectivity index is 2.21. The van der Waals surface area contributed by atoms with E-state index in [1.807, 2.05) is 0 Å². The number of rotatable bonds is 6. The number of non-ortho nitro benzene ring substituents is 1. The molecule has 1 aromatic heterocycles. The Labute approximate surface area is 131 Å². The molecule has 0 aliphatic heterocycles. The van der Waals surface area contributed by atoms with Gasteiger partial charge in [0, 0.05) is 18.2 Å². The second-order valence-corrected chi connectivity index (χ2v) is 4.29. The minimum absolute atomic E-state index is 0.0435. The Morgan fingerprint density at radius 2 is 2.09 bits per heavy atom. The lowest BCUT2D eigenvalue weighted by Crippen LogP contribution is -2.15. The van der Waals surface area contributed by atoms with E-state index in [4.69, 9.17) is 9.47 Å². The zero-order valence-corrected chi connectivity index (χ0v) is 12.5. The highest BCUT2D eigenvalue weighted by Crippen LogP contribution is 2.29. The number of nitrogens with one attached hydrogen (secondary N) is 1. The molecule has 0 spiro atoms. The number of carbonyl (C=O) groups excluding carboxylic acids is 1. The molecule has 0 saturated heterocycles. The first-order valence-corrected chi connectivity index (χ1v) is 6.65. The fraction of sp³-hybridized carbons (Fsp3) is 0.214. The van der Waals surface area contributed by atoms with Crippen LogP contribution in [0.25, 0.3) is 0 Å². The summed E-state index contributed by atoms with van der Waals surface area (Å²) in [6.07, 6.45) is 0. The maximum absolute atomic E-state index is 12.2. The van der Waals surface area contributed by atoms with Gasteiger partial charge in [0.2, 0.25) is 5.88 Å². The lowest BCUT2D eigenvalue weighted by molar-refractivity contribution is -0.384. The number of amides is 1. The van der Waals surface area contributed by atoms with E-state index in [2.05, 4.69) is 15.5 Å². The van der Waals surface area contributed by atoms with Crippen molar-refractivity contribution in [2.75, 3.05) is 19.0 Å². The van der Waals surface area contributed by atoms with Gasteiger partial charge in [-0.25, -0.2) is 0 Å². The Hall–Kier alpha value is -3.23. The second kappa shape index (κ2) is 7.16. The number of hydrogen-bond donors (Lipinski definition) is 1. The summed E-state index contributed by atoms with van der Waals surface area (Å²) in [7, 11) is 1.40. The number of anilines is 1.